The zero-order chi connectivity index (χ0) is 19.9. The first-order chi connectivity index (χ1) is 13.6. The summed E-state index contributed by atoms with van der Waals surface area (Å²) in [6, 6.07) is 12.4. The van der Waals surface area contributed by atoms with Gasteiger partial charge in [0.25, 0.3) is 5.91 Å². The van der Waals surface area contributed by atoms with Gasteiger partial charge in [-0.15, -0.1) is 0 Å². The van der Waals surface area contributed by atoms with Crippen molar-refractivity contribution in [3.63, 3.8) is 0 Å². The zero-order valence-corrected chi connectivity index (χ0v) is 16.7. The highest BCUT2D eigenvalue weighted by molar-refractivity contribution is 7.10. The number of hydrogen-bond donors (Lipinski definition) is 1. The largest absolute Gasteiger partial charge is 0.494 e. The fourth-order valence-electron chi connectivity index (χ4n) is 2.46. The molecule has 7 nitrogen and oxygen atoms in total. The van der Waals surface area contributed by atoms with Crippen molar-refractivity contribution in [1.29, 1.82) is 0 Å². The maximum atomic E-state index is 12.4. The van der Waals surface area contributed by atoms with Crippen molar-refractivity contribution >= 4 is 22.6 Å². The Kier molecular flexibility index (Phi) is 6.44. The minimum atomic E-state index is -0.253. The summed E-state index contributed by atoms with van der Waals surface area (Å²) >= 11 is 1.12. The fourth-order valence-corrected chi connectivity index (χ4v) is 3.04. The maximum Gasteiger partial charge on any atom is 0.257 e. The Morgan fingerprint density at radius 3 is 2.50 bits per heavy atom. The van der Waals surface area contributed by atoms with Crippen LogP contribution in [0.5, 0.6) is 17.2 Å². The third kappa shape index (κ3) is 4.58. The molecule has 3 aromatic rings. The predicted molar refractivity (Wildman–Crippen MR) is 109 cm³/mol. The first-order valence-electron chi connectivity index (χ1n) is 8.75. The highest BCUT2D eigenvalue weighted by Crippen LogP contribution is 2.32. The van der Waals surface area contributed by atoms with E-state index in [1.165, 1.54) is 0 Å². The van der Waals surface area contributed by atoms with E-state index in [4.69, 9.17) is 14.2 Å². The van der Waals surface area contributed by atoms with Crippen molar-refractivity contribution in [2.24, 2.45) is 0 Å². The van der Waals surface area contributed by atoms with Gasteiger partial charge in [-0.05, 0) is 48.9 Å². The lowest BCUT2D eigenvalue weighted by Crippen LogP contribution is -2.11. The number of methoxy groups -OCH3 is 2. The van der Waals surface area contributed by atoms with Crippen molar-refractivity contribution < 1.29 is 19.0 Å². The molecule has 0 aliphatic rings. The molecule has 1 heterocycles. The molecule has 0 bridgehead atoms. The van der Waals surface area contributed by atoms with Crippen LogP contribution in [0, 0.1) is 0 Å². The summed E-state index contributed by atoms with van der Waals surface area (Å²) in [4.78, 5) is 16.8. The quantitative estimate of drug-likeness (QED) is 0.609. The second kappa shape index (κ2) is 9.18. The lowest BCUT2D eigenvalue weighted by Gasteiger charge is -2.07. The first kappa shape index (κ1) is 19.6. The molecule has 0 fully saturated rings. The average Bonchev–Trinajstić information content (AvgIpc) is 3.20. The summed E-state index contributed by atoms with van der Waals surface area (Å²) in [6.45, 7) is 2.69. The predicted octanol–water partition coefficient (Wildman–Crippen LogP) is 4.26. The van der Waals surface area contributed by atoms with Crippen LogP contribution in [-0.4, -0.2) is 36.1 Å². The molecule has 2 aromatic carbocycles. The number of benzene rings is 2. The average molecular weight is 399 g/mol. The normalized spacial score (nSPS) is 10.4. The first-order valence-corrected chi connectivity index (χ1v) is 9.52. The van der Waals surface area contributed by atoms with Gasteiger partial charge in [-0.25, -0.2) is 0 Å². The smallest absolute Gasteiger partial charge is 0.257 e. The van der Waals surface area contributed by atoms with E-state index in [1.807, 2.05) is 13.0 Å². The molecule has 8 heteroatoms. The summed E-state index contributed by atoms with van der Waals surface area (Å²) in [6.07, 6.45) is 0.932. The van der Waals surface area contributed by atoms with Crippen LogP contribution >= 0.6 is 11.5 Å². The van der Waals surface area contributed by atoms with E-state index >= 15 is 0 Å². The van der Waals surface area contributed by atoms with Crippen molar-refractivity contribution in [1.82, 2.24) is 9.36 Å². The van der Waals surface area contributed by atoms with Crippen LogP contribution in [0.1, 0.15) is 23.7 Å². The van der Waals surface area contributed by atoms with Crippen LogP contribution in [-0.2, 0) is 0 Å². The SMILES string of the molecule is CCCOc1ccc(C(=O)Nc2nc(-c3ccc(OC)c(OC)c3)ns2)cc1. The number of aromatic nitrogens is 2. The third-order valence-electron chi connectivity index (χ3n) is 3.88. The number of carbonyl (C=O) groups is 1. The summed E-state index contributed by atoms with van der Waals surface area (Å²) < 4.78 is 20.4. The van der Waals surface area contributed by atoms with Crippen molar-refractivity contribution in [2.75, 3.05) is 26.1 Å². The zero-order valence-electron chi connectivity index (χ0n) is 15.9. The van der Waals surface area contributed by atoms with Crippen LogP contribution in [0.3, 0.4) is 0 Å². The maximum absolute atomic E-state index is 12.4. The minimum absolute atomic E-state index is 0.253. The molecule has 0 spiro atoms. The van der Waals surface area contributed by atoms with Crippen molar-refractivity contribution in [3.05, 3.63) is 48.0 Å². The van der Waals surface area contributed by atoms with Gasteiger partial charge in [-0.1, -0.05) is 6.92 Å². The fraction of sp³-hybridized carbons (Fsp3) is 0.250. The highest BCUT2D eigenvalue weighted by atomic mass is 32.1. The van der Waals surface area contributed by atoms with Crippen LogP contribution in [0.15, 0.2) is 42.5 Å². The molecule has 0 saturated carbocycles. The molecule has 28 heavy (non-hydrogen) atoms. The second-order valence-corrected chi connectivity index (χ2v) is 6.57. The molecule has 0 atom stereocenters. The summed E-state index contributed by atoms with van der Waals surface area (Å²) in [5.74, 6) is 2.21. The molecule has 0 radical (unpaired) electrons. The Balaban J connectivity index is 1.69. The topological polar surface area (TPSA) is 82.6 Å². The Morgan fingerprint density at radius 1 is 1.07 bits per heavy atom. The monoisotopic (exact) mass is 399 g/mol. The molecular formula is C20H21N3O4S. The molecule has 146 valence electrons. The minimum Gasteiger partial charge on any atom is -0.494 e. The Bertz CT molecular complexity index is 941. The van der Waals surface area contributed by atoms with E-state index in [9.17, 15) is 4.79 Å². The van der Waals surface area contributed by atoms with E-state index in [0.717, 1.165) is 29.3 Å². The molecule has 0 aliphatic carbocycles. The number of hydrogen-bond acceptors (Lipinski definition) is 7. The number of amides is 1. The second-order valence-electron chi connectivity index (χ2n) is 5.82. The van der Waals surface area contributed by atoms with Gasteiger partial charge in [0.15, 0.2) is 17.3 Å². The highest BCUT2D eigenvalue weighted by Gasteiger charge is 2.13. The Hall–Kier alpha value is -3.13. The number of nitrogens with zero attached hydrogens (tertiary/aromatic N) is 2. The van der Waals surface area contributed by atoms with E-state index < -0.39 is 0 Å². The van der Waals surface area contributed by atoms with Gasteiger partial charge < -0.3 is 14.2 Å². The van der Waals surface area contributed by atoms with Gasteiger partial charge in [-0.3, -0.25) is 10.1 Å². The molecule has 0 unspecified atom stereocenters. The molecule has 1 aromatic heterocycles. The number of nitrogens with one attached hydrogen (secondary N) is 1. The molecule has 0 aliphatic heterocycles. The van der Waals surface area contributed by atoms with Gasteiger partial charge in [-0.2, -0.15) is 9.36 Å². The Morgan fingerprint density at radius 2 is 1.82 bits per heavy atom. The number of carbonyl (C=O) groups excluding carboxylic acids is 1. The summed E-state index contributed by atoms with van der Waals surface area (Å²) in [7, 11) is 3.15. The molecule has 1 N–H and O–H groups in total. The molecular weight excluding hydrogens is 378 g/mol. The number of anilines is 1. The molecule has 1 amide bonds. The third-order valence-corrected chi connectivity index (χ3v) is 4.51. The van der Waals surface area contributed by atoms with Gasteiger partial charge in [0.05, 0.1) is 20.8 Å². The van der Waals surface area contributed by atoms with Gasteiger partial charge >= 0.3 is 0 Å². The van der Waals surface area contributed by atoms with Crippen molar-refractivity contribution in [3.8, 4) is 28.6 Å². The summed E-state index contributed by atoms with van der Waals surface area (Å²) in [5, 5.41) is 3.19. The van der Waals surface area contributed by atoms with E-state index in [1.54, 1.807) is 50.6 Å². The van der Waals surface area contributed by atoms with E-state index in [2.05, 4.69) is 14.7 Å². The summed E-state index contributed by atoms with van der Waals surface area (Å²) in [5.41, 5.74) is 1.29. The van der Waals surface area contributed by atoms with E-state index in [-0.39, 0.29) is 5.91 Å². The van der Waals surface area contributed by atoms with Crippen LogP contribution < -0.4 is 19.5 Å². The van der Waals surface area contributed by atoms with Crippen LogP contribution in [0.4, 0.5) is 5.13 Å². The standard InChI is InChI=1S/C20H21N3O4S/c1-4-11-27-15-8-5-13(6-9-15)19(24)22-20-21-18(23-28-20)14-7-10-16(25-2)17(12-14)26-3/h5-10,12H,4,11H2,1-3H3,(H,21,22,23,24). The number of ether oxygens (including phenoxy) is 3. The molecule has 0 saturated heterocycles. The Labute approximate surface area is 167 Å². The van der Waals surface area contributed by atoms with Crippen LogP contribution in [0.25, 0.3) is 11.4 Å². The number of rotatable bonds is 8. The van der Waals surface area contributed by atoms with E-state index in [0.29, 0.717) is 34.6 Å². The van der Waals surface area contributed by atoms with Gasteiger partial charge in [0.2, 0.25) is 5.13 Å². The molecule has 3 rings (SSSR count). The van der Waals surface area contributed by atoms with Gasteiger partial charge in [0, 0.05) is 22.7 Å². The lowest BCUT2D eigenvalue weighted by molar-refractivity contribution is 0.102. The van der Waals surface area contributed by atoms with Crippen molar-refractivity contribution in [2.45, 2.75) is 13.3 Å². The lowest BCUT2D eigenvalue weighted by atomic mass is 10.2. The van der Waals surface area contributed by atoms with Gasteiger partial charge in [0.1, 0.15) is 5.75 Å². The van der Waals surface area contributed by atoms with Crippen LogP contribution in [0.2, 0.25) is 0 Å².